The molecule has 48 heavy (non-hydrogen) atoms. The molecule has 2 saturated heterocycles. The number of amides is 4. The lowest BCUT2D eigenvalue weighted by atomic mass is 9.82. The van der Waals surface area contributed by atoms with Crippen LogP contribution in [0.15, 0.2) is 84.9 Å². The van der Waals surface area contributed by atoms with E-state index in [0.717, 1.165) is 29.7 Å². The molecule has 250 valence electrons. The van der Waals surface area contributed by atoms with Gasteiger partial charge >= 0.3 is 0 Å². The zero-order valence-electron chi connectivity index (χ0n) is 27.3. The maximum Gasteiger partial charge on any atom is 0.264 e. The smallest absolute Gasteiger partial charge is 0.264 e. The molecule has 3 aromatic carbocycles. The minimum absolute atomic E-state index is 0.00216. The second-order valence-electron chi connectivity index (χ2n) is 12.8. The van der Waals surface area contributed by atoms with Crippen molar-refractivity contribution in [2.45, 2.75) is 57.7 Å². The van der Waals surface area contributed by atoms with Gasteiger partial charge in [-0.15, -0.1) is 0 Å². The van der Waals surface area contributed by atoms with E-state index in [9.17, 15) is 29.4 Å². The summed E-state index contributed by atoms with van der Waals surface area (Å²) in [6.07, 6.45) is 5.90. The van der Waals surface area contributed by atoms with Gasteiger partial charge in [0.15, 0.2) is 5.60 Å². The second kappa shape index (κ2) is 14.1. The van der Waals surface area contributed by atoms with Gasteiger partial charge in [0, 0.05) is 68.3 Å². The van der Waals surface area contributed by atoms with Crippen molar-refractivity contribution in [2.24, 2.45) is 5.92 Å². The number of aliphatic hydroxyl groups is 2. The van der Waals surface area contributed by atoms with E-state index in [1.165, 1.54) is 0 Å². The van der Waals surface area contributed by atoms with Gasteiger partial charge in [0.25, 0.3) is 5.91 Å². The lowest BCUT2D eigenvalue weighted by Gasteiger charge is -2.28. The minimum Gasteiger partial charge on any atom is -0.395 e. The van der Waals surface area contributed by atoms with Crippen molar-refractivity contribution in [1.82, 2.24) is 4.90 Å². The third-order valence-corrected chi connectivity index (χ3v) is 9.59. The van der Waals surface area contributed by atoms with Gasteiger partial charge in [-0.2, -0.15) is 0 Å². The zero-order valence-corrected chi connectivity index (χ0v) is 27.3. The highest BCUT2D eigenvalue weighted by molar-refractivity contribution is 6.08. The van der Waals surface area contributed by atoms with Gasteiger partial charge in [-0.25, -0.2) is 0 Å². The summed E-state index contributed by atoms with van der Waals surface area (Å²) in [5.41, 5.74) is 2.17. The van der Waals surface area contributed by atoms with E-state index in [1.54, 1.807) is 50.8 Å². The largest absolute Gasteiger partial charge is 0.395 e. The quantitative estimate of drug-likeness (QED) is 0.283. The highest BCUT2D eigenvalue weighted by atomic mass is 16.3. The molecule has 2 fully saturated rings. The van der Waals surface area contributed by atoms with Crippen LogP contribution in [0.3, 0.4) is 0 Å². The van der Waals surface area contributed by atoms with Crippen LogP contribution in [0.5, 0.6) is 0 Å². The van der Waals surface area contributed by atoms with Gasteiger partial charge in [-0.1, -0.05) is 61.5 Å². The normalized spacial score (nSPS) is 19.9. The fourth-order valence-electron chi connectivity index (χ4n) is 6.97. The standard InChI is InChI=1S/C38H42N4O6/c1-27(9-5-14-34(44)39(21-22-43)25-28-10-3-2-4-11-28)38(48)32-24-31(41-20-8-16-36(41)46)17-18-33(32)42(37(38)47)26-29-12-6-13-30(23-29)40-19-7-15-35(40)45/h2-6,9-13,17-18,23-24,27,43,48H,7-8,14-16,19-22,25-26H2,1H3/b9-5+/t27-,38+/m1/s1. The fourth-order valence-corrected chi connectivity index (χ4v) is 6.97. The van der Waals surface area contributed by atoms with Gasteiger partial charge in [0.05, 0.1) is 18.8 Å². The number of hydrogen-bond donors (Lipinski definition) is 2. The van der Waals surface area contributed by atoms with Crippen LogP contribution in [0.1, 0.15) is 55.7 Å². The van der Waals surface area contributed by atoms with Crippen molar-refractivity contribution in [3.05, 3.63) is 102 Å². The van der Waals surface area contributed by atoms with Gasteiger partial charge in [0.2, 0.25) is 17.7 Å². The summed E-state index contributed by atoms with van der Waals surface area (Å²) in [6.45, 7) is 3.53. The molecule has 0 aromatic heterocycles. The average molecular weight is 651 g/mol. The van der Waals surface area contributed by atoms with Crippen LogP contribution >= 0.6 is 0 Å². The summed E-state index contributed by atoms with van der Waals surface area (Å²) in [6, 6.07) is 22.5. The molecular formula is C38H42N4O6. The molecule has 10 nitrogen and oxygen atoms in total. The summed E-state index contributed by atoms with van der Waals surface area (Å²) >= 11 is 0. The number of carbonyl (C=O) groups excluding carboxylic acids is 4. The van der Waals surface area contributed by atoms with Gasteiger partial charge in [-0.05, 0) is 54.3 Å². The monoisotopic (exact) mass is 650 g/mol. The topological polar surface area (TPSA) is 122 Å². The van der Waals surface area contributed by atoms with Gasteiger partial charge < -0.3 is 29.8 Å². The molecule has 3 aliphatic rings. The van der Waals surface area contributed by atoms with Crippen molar-refractivity contribution in [2.75, 3.05) is 40.9 Å². The first-order valence-electron chi connectivity index (χ1n) is 16.7. The third kappa shape index (κ3) is 6.50. The summed E-state index contributed by atoms with van der Waals surface area (Å²) in [5, 5.41) is 21.9. The fraction of sp³-hybridized carbons (Fsp3) is 0.368. The van der Waals surface area contributed by atoms with Crippen LogP contribution in [0.2, 0.25) is 0 Å². The van der Waals surface area contributed by atoms with Crippen LogP contribution in [0, 0.1) is 5.92 Å². The van der Waals surface area contributed by atoms with Crippen LogP contribution in [0.4, 0.5) is 17.1 Å². The number of benzene rings is 3. The Morgan fingerprint density at radius 2 is 1.56 bits per heavy atom. The Bertz CT molecular complexity index is 1730. The van der Waals surface area contributed by atoms with Crippen LogP contribution in [-0.2, 0) is 37.9 Å². The maximum absolute atomic E-state index is 14.3. The molecular weight excluding hydrogens is 608 g/mol. The molecule has 3 aromatic rings. The first-order valence-corrected chi connectivity index (χ1v) is 16.7. The molecule has 0 spiro atoms. The summed E-state index contributed by atoms with van der Waals surface area (Å²) < 4.78 is 0. The Hall–Kier alpha value is -4.80. The number of anilines is 3. The van der Waals surface area contributed by atoms with Gasteiger partial charge in [0.1, 0.15) is 0 Å². The molecule has 0 saturated carbocycles. The summed E-state index contributed by atoms with van der Waals surface area (Å²) in [5.74, 6) is -1.33. The average Bonchev–Trinajstić information content (AvgIpc) is 3.78. The van der Waals surface area contributed by atoms with E-state index in [-0.39, 0.29) is 43.8 Å². The highest BCUT2D eigenvalue weighted by Crippen LogP contribution is 2.47. The predicted octanol–water partition coefficient (Wildman–Crippen LogP) is 4.28. The first-order chi connectivity index (χ1) is 23.2. The van der Waals surface area contributed by atoms with Crippen molar-refractivity contribution >= 4 is 40.7 Å². The van der Waals surface area contributed by atoms with Crippen molar-refractivity contribution in [3.63, 3.8) is 0 Å². The van der Waals surface area contributed by atoms with E-state index in [1.807, 2.05) is 60.7 Å². The van der Waals surface area contributed by atoms with E-state index >= 15 is 0 Å². The Labute approximate surface area is 280 Å². The molecule has 3 aliphatic heterocycles. The Kier molecular flexibility index (Phi) is 9.75. The van der Waals surface area contributed by atoms with E-state index < -0.39 is 17.4 Å². The van der Waals surface area contributed by atoms with Crippen LogP contribution in [0.25, 0.3) is 0 Å². The lowest BCUT2D eigenvalue weighted by molar-refractivity contribution is -0.139. The maximum atomic E-state index is 14.3. The molecule has 4 amide bonds. The Morgan fingerprint density at radius 1 is 0.896 bits per heavy atom. The number of hydrogen-bond acceptors (Lipinski definition) is 6. The predicted molar refractivity (Wildman–Crippen MR) is 183 cm³/mol. The molecule has 0 aliphatic carbocycles. The van der Waals surface area contributed by atoms with E-state index in [4.69, 9.17) is 0 Å². The number of fused-ring (bicyclic) bond motifs is 1. The van der Waals surface area contributed by atoms with Crippen molar-refractivity contribution in [1.29, 1.82) is 0 Å². The Morgan fingerprint density at radius 3 is 2.21 bits per heavy atom. The minimum atomic E-state index is -1.95. The molecule has 6 rings (SSSR count). The second-order valence-corrected chi connectivity index (χ2v) is 12.8. The molecule has 0 unspecified atom stereocenters. The van der Waals surface area contributed by atoms with Crippen LogP contribution < -0.4 is 14.7 Å². The highest BCUT2D eigenvalue weighted by Gasteiger charge is 2.53. The van der Waals surface area contributed by atoms with Crippen LogP contribution in [-0.4, -0.2) is 65.0 Å². The summed E-state index contributed by atoms with van der Waals surface area (Å²) in [7, 11) is 0. The number of aliphatic hydroxyl groups excluding tert-OH is 1. The number of nitrogens with zero attached hydrogens (tertiary/aromatic N) is 4. The zero-order chi connectivity index (χ0) is 33.8. The van der Waals surface area contributed by atoms with E-state index in [0.29, 0.717) is 49.4 Å². The molecule has 2 N–H and O–H groups in total. The lowest BCUT2D eigenvalue weighted by Crippen LogP contribution is -2.44. The molecule has 3 heterocycles. The Balaban J connectivity index is 1.26. The molecule has 10 heteroatoms. The first kappa shape index (κ1) is 33.1. The van der Waals surface area contributed by atoms with Gasteiger partial charge in [-0.3, -0.25) is 19.2 Å². The molecule has 2 atom stereocenters. The van der Waals surface area contributed by atoms with Crippen molar-refractivity contribution < 1.29 is 29.4 Å². The number of carbonyl (C=O) groups is 4. The SMILES string of the molecule is C[C@H](/C=C/CC(=O)N(CCO)Cc1ccccc1)[C@@]1(O)C(=O)N(Cc2cccc(N3CCCC3=O)c2)c2ccc(N3CCCC3=O)cc21. The molecule has 0 bridgehead atoms. The number of rotatable bonds is 12. The summed E-state index contributed by atoms with van der Waals surface area (Å²) in [4.78, 5) is 59.1. The third-order valence-electron chi connectivity index (χ3n) is 9.59. The molecule has 0 radical (unpaired) electrons. The van der Waals surface area contributed by atoms with Crippen molar-refractivity contribution in [3.8, 4) is 0 Å². The van der Waals surface area contributed by atoms with E-state index in [2.05, 4.69) is 0 Å².